The van der Waals surface area contributed by atoms with Crippen LogP contribution in [0.2, 0.25) is 0 Å². The summed E-state index contributed by atoms with van der Waals surface area (Å²) in [5.74, 6) is 0.801. The molecule has 2 aromatic heterocycles. The van der Waals surface area contributed by atoms with E-state index in [-0.39, 0.29) is 5.75 Å². The van der Waals surface area contributed by atoms with Crippen molar-refractivity contribution in [3.05, 3.63) is 63.8 Å². The van der Waals surface area contributed by atoms with Gasteiger partial charge >= 0.3 is 0 Å². The minimum Gasteiger partial charge on any atom is -0.504 e. The SMILES string of the molecule is Cc1ccc(CN2CCOc3c(O)cc(-c4nc5ccccc5s4)cc3C2)s1. The number of thiazole rings is 1. The van der Waals surface area contributed by atoms with Gasteiger partial charge in [0.2, 0.25) is 0 Å². The molecule has 1 aliphatic heterocycles. The van der Waals surface area contributed by atoms with Crippen molar-refractivity contribution >= 4 is 32.9 Å². The number of phenolic OH excluding ortho intramolecular Hbond substituents is 1. The number of hydrogen-bond donors (Lipinski definition) is 1. The van der Waals surface area contributed by atoms with E-state index in [0.29, 0.717) is 12.4 Å². The number of phenols is 1. The number of thiophene rings is 1. The highest BCUT2D eigenvalue weighted by atomic mass is 32.1. The van der Waals surface area contributed by atoms with Gasteiger partial charge in [-0.2, -0.15) is 0 Å². The van der Waals surface area contributed by atoms with Crippen LogP contribution >= 0.6 is 22.7 Å². The highest BCUT2D eigenvalue weighted by molar-refractivity contribution is 7.21. The Morgan fingerprint density at radius 1 is 1.14 bits per heavy atom. The van der Waals surface area contributed by atoms with Crippen LogP contribution in [0.5, 0.6) is 11.5 Å². The topological polar surface area (TPSA) is 45.6 Å². The summed E-state index contributed by atoms with van der Waals surface area (Å²) in [6.07, 6.45) is 0. The largest absolute Gasteiger partial charge is 0.504 e. The van der Waals surface area contributed by atoms with E-state index >= 15 is 0 Å². The van der Waals surface area contributed by atoms with E-state index in [1.807, 2.05) is 29.5 Å². The third kappa shape index (κ3) is 3.39. The predicted octanol–water partition coefficient (Wildman–Crippen LogP) is 5.43. The number of para-hydroxylation sites is 1. The number of aromatic hydroxyl groups is 1. The Bertz CT molecular complexity index is 1120. The molecule has 2 aromatic carbocycles. The summed E-state index contributed by atoms with van der Waals surface area (Å²) in [7, 11) is 0. The molecule has 6 heteroatoms. The molecular weight excluding hydrogens is 388 g/mol. The van der Waals surface area contributed by atoms with Crippen molar-refractivity contribution in [2.45, 2.75) is 20.0 Å². The quantitative estimate of drug-likeness (QED) is 0.491. The average molecular weight is 409 g/mol. The zero-order valence-corrected chi connectivity index (χ0v) is 17.1. The lowest BCUT2D eigenvalue weighted by Crippen LogP contribution is -2.24. The highest BCUT2D eigenvalue weighted by Gasteiger charge is 2.21. The number of rotatable bonds is 3. The third-order valence-corrected chi connectivity index (χ3v) is 6.98. The molecule has 1 N–H and O–H groups in total. The molecule has 3 heterocycles. The summed E-state index contributed by atoms with van der Waals surface area (Å²) in [5.41, 5.74) is 2.94. The van der Waals surface area contributed by atoms with E-state index in [0.717, 1.165) is 46.0 Å². The maximum atomic E-state index is 10.6. The highest BCUT2D eigenvalue weighted by Crippen LogP contribution is 2.39. The average Bonchev–Trinajstić information content (AvgIpc) is 3.23. The molecule has 28 heavy (non-hydrogen) atoms. The summed E-state index contributed by atoms with van der Waals surface area (Å²) < 4.78 is 7.05. The lowest BCUT2D eigenvalue weighted by atomic mass is 10.1. The van der Waals surface area contributed by atoms with E-state index in [2.05, 4.69) is 36.1 Å². The number of fused-ring (bicyclic) bond motifs is 2. The zero-order valence-electron chi connectivity index (χ0n) is 15.5. The van der Waals surface area contributed by atoms with Gasteiger partial charge in [-0.15, -0.1) is 22.7 Å². The van der Waals surface area contributed by atoms with Crippen LogP contribution in [0.1, 0.15) is 15.3 Å². The minimum atomic E-state index is 0.195. The van der Waals surface area contributed by atoms with Gasteiger partial charge in [-0.25, -0.2) is 4.98 Å². The molecule has 0 aliphatic carbocycles. The van der Waals surface area contributed by atoms with Crippen LogP contribution in [0.15, 0.2) is 48.5 Å². The number of benzene rings is 2. The molecule has 0 spiro atoms. The third-order valence-electron chi connectivity index (χ3n) is 4.91. The normalized spacial score (nSPS) is 14.6. The maximum Gasteiger partial charge on any atom is 0.165 e. The van der Waals surface area contributed by atoms with Crippen LogP contribution in [0, 0.1) is 6.92 Å². The molecule has 4 nitrogen and oxygen atoms in total. The Morgan fingerprint density at radius 3 is 2.86 bits per heavy atom. The molecule has 0 atom stereocenters. The first-order valence-corrected chi connectivity index (χ1v) is 10.9. The number of hydrogen-bond acceptors (Lipinski definition) is 6. The van der Waals surface area contributed by atoms with E-state index < -0.39 is 0 Å². The van der Waals surface area contributed by atoms with Crippen molar-refractivity contribution in [3.63, 3.8) is 0 Å². The second-order valence-corrected chi connectivity index (χ2v) is 9.44. The van der Waals surface area contributed by atoms with Crippen molar-refractivity contribution in [2.75, 3.05) is 13.2 Å². The van der Waals surface area contributed by atoms with Gasteiger partial charge in [0.05, 0.1) is 10.2 Å². The van der Waals surface area contributed by atoms with E-state index in [1.165, 1.54) is 9.75 Å². The second kappa shape index (κ2) is 7.20. The number of ether oxygens (including phenoxy) is 1. The standard InChI is InChI=1S/C22H20N2O2S2/c1-14-6-7-17(27-14)13-24-8-9-26-21-16(12-24)10-15(11-19(21)25)22-23-18-4-2-3-5-20(18)28-22/h2-7,10-11,25H,8-9,12-13H2,1H3. The van der Waals surface area contributed by atoms with Crippen molar-refractivity contribution in [1.29, 1.82) is 0 Å². The van der Waals surface area contributed by atoms with Crippen LogP contribution in [-0.2, 0) is 13.1 Å². The van der Waals surface area contributed by atoms with Crippen molar-refractivity contribution in [2.24, 2.45) is 0 Å². The summed E-state index contributed by atoms with van der Waals surface area (Å²) in [4.78, 5) is 9.80. The van der Waals surface area contributed by atoms with Crippen molar-refractivity contribution in [3.8, 4) is 22.1 Å². The lowest BCUT2D eigenvalue weighted by molar-refractivity contribution is 0.218. The fourth-order valence-corrected chi connectivity index (χ4v) is 5.48. The zero-order chi connectivity index (χ0) is 19.1. The number of aryl methyl sites for hydroxylation is 1. The molecule has 4 aromatic rings. The molecule has 0 saturated heterocycles. The molecule has 0 fully saturated rings. The predicted molar refractivity (Wildman–Crippen MR) is 115 cm³/mol. The fourth-order valence-electron chi connectivity index (χ4n) is 3.60. The van der Waals surface area contributed by atoms with E-state index in [1.54, 1.807) is 17.4 Å². The maximum absolute atomic E-state index is 10.6. The van der Waals surface area contributed by atoms with Gasteiger partial charge in [-0.1, -0.05) is 12.1 Å². The molecule has 1 aliphatic rings. The summed E-state index contributed by atoms with van der Waals surface area (Å²) in [5, 5.41) is 11.5. The van der Waals surface area contributed by atoms with Crippen LogP contribution in [0.25, 0.3) is 20.8 Å². The van der Waals surface area contributed by atoms with Gasteiger partial charge in [-0.3, -0.25) is 4.90 Å². The van der Waals surface area contributed by atoms with E-state index in [9.17, 15) is 5.11 Å². The Morgan fingerprint density at radius 2 is 2.04 bits per heavy atom. The Labute approximate surface area is 171 Å². The Balaban J connectivity index is 1.49. The van der Waals surface area contributed by atoms with Gasteiger partial charge in [0, 0.05) is 40.5 Å². The van der Waals surface area contributed by atoms with Crippen LogP contribution in [0.3, 0.4) is 0 Å². The summed E-state index contributed by atoms with van der Waals surface area (Å²) in [6, 6.07) is 16.4. The first-order valence-electron chi connectivity index (χ1n) is 9.28. The monoisotopic (exact) mass is 408 g/mol. The van der Waals surface area contributed by atoms with Crippen LogP contribution in [0.4, 0.5) is 0 Å². The lowest BCUT2D eigenvalue weighted by Gasteiger charge is -2.18. The fraction of sp³-hybridized carbons (Fsp3) is 0.227. The molecule has 0 saturated carbocycles. The molecule has 5 rings (SSSR count). The molecule has 0 radical (unpaired) electrons. The molecule has 0 unspecified atom stereocenters. The Kier molecular flexibility index (Phi) is 4.55. The van der Waals surface area contributed by atoms with Gasteiger partial charge in [0.1, 0.15) is 11.6 Å². The Hall–Kier alpha value is -2.41. The van der Waals surface area contributed by atoms with Gasteiger partial charge in [0.15, 0.2) is 11.5 Å². The minimum absolute atomic E-state index is 0.195. The second-order valence-electron chi connectivity index (χ2n) is 7.04. The summed E-state index contributed by atoms with van der Waals surface area (Å²) in [6.45, 7) is 5.19. The van der Waals surface area contributed by atoms with Crippen LogP contribution in [-0.4, -0.2) is 28.1 Å². The number of aromatic nitrogens is 1. The van der Waals surface area contributed by atoms with Gasteiger partial charge < -0.3 is 9.84 Å². The summed E-state index contributed by atoms with van der Waals surface area (Å²) >= 11 is 3.48. The first kappa shape index (κ1) is 17.7. The van der Waals surface area contributed by atoms with Crippen LogP contribution < -0.4 is 4.74 Å². The van der Waals surface area contributed by atoms with Crippen molar-refractivity contribution < 1.29 is 9.84 Å². The molecule has 0 amide bonds. The first-order chi connectivity index (χ1) is 13.7. The van der Waals surface area contributed by atoms with Gasteiger partial charge in [0.25, 0.3) is 0 Å². The molecule has 142 valence electrons. The van der Waals surface area contributed by atoms with Crippen molar-refractivity contribution in [1.82, 2.24) is 9.88 Å². The van der Waals surface area contributed by atoms with E-state index in [4.69, 9.17) is 9.72 Å². The van der Waals surface area contributed by atoms with Gasteiger partial charge in [-0.05, 0) is 43.3 Å². The molecule has 0 bridgehead atoms. The molecular formula is C22H20N2O2S2. The number of nitrogens with zero attached hydrogens (tertiary/aromatic N) is 2. The smallest absolute Gasteiger partial charge is 0.165 e.